The van der Waals surface area contributed by atoms with E-state index >= 15 is 0 Å². The van der Waals surface area contributed by atoms with Gasteiger partial charge in [0.25, 0.3) is 0 Å². The summed E-state index contributed by atoms with van der Waals surface area (Å²) < 4.78 is 5.04. The molecule has 0 saturated heterocycles. The number of aldehydes is 1. The molecule has 0 fully saturated rings. The molecule has 0 saturated carbocycles. The number of hydrogen-bond donors (Lipinski definition) is 0. The summed E-state index contributed by atoms with van der Waals surface area (Å²) >= 11 is 0. The topological polar surface area (TPSA) is 46.3 Å². The summed E-state index contributed by atoms with van der Waals surface area (Å²) in [5.74, 6) is 0.616. The first-order valence-corrected chi connectivity index (χ1v) is 3.76. The number of carbonyl (C=O) groups is 1. The van der Waals surface area contributed by atoms with Crippen molar-refractivity contribution in [3.63, 3.8) is 0 Å². The standard InChI is InChI=1S/C8H12N2O2/c1-10(2)4-3-8-9-7(5-11)6-12-8/h5-6H,3-4H2,1-2H3. The Bertz CT molecular complexity index is 255. The Morgan fingerprint density at radius 3 is 2.92 bits per heavy atom. The molecule has 0 unspecified atom stereocenters. The Hall–Kier alpha value is -1.16. The van der Waals surface area contributed by atoms with Crippen molar-refractivity contribution in [1.82, 2.24) is 9.88 Å². The Morgan fingerprint density at radius 2 is 2.42 bits per heavy atom. The zero-order valence-corrected chi connectivity index (χ0v) is 7.28. The van der Waals surface area contributed by atoms with Crippen LogP contribution in [0.2, 0.25) is 0 Å². The number of aromatic nitrogens is 1. The SMILES string of the molecule is CN(C)CCc1nc(C=O)co1. The first-order valence-electron chi connectivity index (χ1n) is 3.76. The van der Waals surface area contributed by atoms with Crippen LogP contribution >= 0.6 is 0 Å². The smallest absolute Gasteiger partial charge is 0.195 e. The maximum Gasteiger partial charge on any atom is 0.195 e. The number of likely N-dealkylation sites (N-methyl/N-ethyl adjacent to an activating group) is 1. The van der Waals surface area contributed by atoms with E-state index in [9.17, 15) is 4.79 Å². The minimum absolute atomic E-state index is 0.365. The highest BCUT2D eigenvalue weighted by Gasteiger charge is 2.02. The second kappa shape index (κ2) is 4.01. The van der Waals surface area contributed by atoms with Crippen LogP contribution in [0, 0.1) is 0 Å². The van der Waals surface area contributed by atoms with Crippen LogP contribution in [0.5, 0.6) is 0 Å². The Balaban J connectivity index is 2.47. The van der Waals surface area contributed by atoms with Gasteiger partial charge in [0, 0.05) is 13.0 Å². The van der Waals surface area contributed by atoms with Crippen molar-refractivity contribution < 1.29 is 9.21 Å². The Kier molecular flexibility index (Phi) is 2.99. The monoisotopic (exact) mass is 168 g/mol. The van der Waals surface area contributed by atoms with Gasteiger partial charge in [-0.05, 0) is 14.1 Å². The number of rotatable bonds is 4. The first-order chi connectivity index (χ1) is 5.72. The number of hydrogen-bond acceptors (Lipinski definition) is 4. The lowest BCUT2D eigenvalue weighted by Crippen LogP contribution is -2.15. The number of nitrogens with zero attached hydrogens (tertiary/aromatic N) is 2. The third-order valence-electron chi connectivity index (χ3n) is 1.46. The summed E-state index contributed by atoms with van der Waals surface area (Å²) in [6, 6.07) is 0. The fourth-order valence-corrected chi connectivity index (χ4v) is 0.813. The third-order valence-corrected chi connectivity index (χ3v) is 1.46. The van der Waals surface area contributed by atoms with E-state index in [1.807, 2.05) is 19.0 Å². The van der Waals surface area contributed by atoms with Crippen molar-refractivity contribution in [2.45, 2.75) is 6.42 Å². The van der Waals surface area contributed by atoms with Gasteiger partial charge in [0.05, 0.1) is 0 Å². The number of carbonyl (C=O) groups excluding carboxylic acids is 1. The van der Waals surface area contributed by atoms with Gasteiger partial charge in [-0.25, -0.2) is 4.98 Å². The van der Waals surface area contributed by atoms with Crippen molar-refractivity contribution in [2.24, 2.45) is 0 Å². The molecule has 0 aliphatic rings. The Labute approximate surface area is 71.2 Å². The van der Waals surface area contributed by atoms with E-state index in [1.165, 1.54) is 6.26 Å². The second-order valence-electron chi connectivity index (χ2n) is 2.84. The van der Waals surface area contributed by atoms with Crippen molar-refractivity contribution in [3.8, 4) is 0 Å². The van der Waals surface area contributed by atoms with Gasteiger partial charge in [0.1, 0.15) is 12.0 Å². The van der Waals surface area contributed by atoms with Crippen LogP contribution in [0.1, 0.15) is 16.4 Å². The fourth-order valence-electron chi connectivity index (χ4n) is 0.813. The molecule has 12 heavy (non-hydrogen) atoms. The number of oxazole rings is 1. The zero-order chi connectivity index (χ0) is 8.97. The minimum atomic E-state index is 0.365. The average Bonchev–Trinajstić information content (AvgIpc) is 2.48. The summed E-state index contributed by atoms with van der Waals surface area (Å²) in [6.07, 6.45) is 2.79. The van der Waals surface area contributed by atoms with Crippen LogP contribution in [0.3, 0.4) is 0 Å². The van der Waals surface area contributed by atoms with Gasteiger partial charge in [0.15, 0.2) is 12.2 Å². The van der Waals surface area contributed by atoms with Gasteiger partial charge in [-0.15, -0.1) is 0 Å². The third kappa shape index (κ3) is 2.47. The molecule has 0 aliphatic heterocycles. The molecule has 4 heteroatoms. The molecule has 0 spiro atoms. The van der Waals surface area contributed by atoms with Crippen LogP contribution in [0.25, 0.3) is 0 Å². The van der Waals surface area contributed by atoms with Crippen LogP contribution in [0.15, 0.2) is 10.7 Å². The maximum atomic E-state index is 10.2. The van der Waals surface area contributed by atoms with E-state index in [2.05, 4.69) is 4.98 Å². The quantitative estimate of drug-likeness (QED) is 0.617. The largest absolute Gasteiger partial charge is 0.448 e. The molecule has 4 nitrogen and oxygen atoms in total. The van der Waals surface area contributed by atoms with Crippen molar-refractivity contribution in [3.05, 3.63) is 17.8 Å². The maximum absolute atomic E-state index is 10.2. The highest BCUT2D eigenvalue weighted by atomic mass is 16.3. The molecule has 0 N–H and O–H groups in total. The molecule has 1 rings (SSSR count). The lowest BCUT2D eigenvalue weighted by Gasteiger charge is -2.05. The molecule has 0 amide bonds. The van der Waals surface area contributed by atoms with Gasteiger partial charge in [0.2, 0.25) is 0 Å². The molecule has 1 aromatic heterocycles. The van der Waals surface area contributed by atoms with E-state index in [1.54, 1.807) is 0 Å². The molecule has 0 atom stereocenters. The molecule has 0 aromatic carbocycles. The molecule has 0 bridgehead atoms. The van der Waals surface area contributed by atoms with E-state index in [-0.39, 0.29) is 0 Å². The second-order valence-corrected chi connectivity index (χ2v) is 2.84. The van der Waals surface area contributed by atoms with E-state index in [0.717, 1.165) is 13.0 Å². The molecule has 0 aliphatic carbocycles. The van der Waals surface area contributed by atoms with Gasteiger partial charge in [-0.1, -0.05) is 0 Å². The van der Waals surface area contributed by atoms with Gasteiger partial charge in [-0.2, -0.15) is 0 Å². The first kappa shape index (κ1) is 8.93. The summed E-state index contributed by atoms with van der Waals surface area (Å²) in [5, 5.41) is 0. The Morgan fingerprint density at radius 1 is 1.67 bits per heavy atom. The lowest BCUT2D eigenvalue weighted by atomic mass is 10.4. The van der Waals surface area contributed by atoms with E-state index in [0.29, 0.717) is 17.9 Å². The van der Waals surface area contributed by atoms with Crippen molar-refractivity contribution in [2.75, 3.05) is 20.6 Å². The summed E-state index contributed by atoms with van der Waals surface area (Å²) in [4.78, 5) is 16.2. The predicted octanol–water partition coefficient (Wildman–Crippen LogP) is 0.591. The highest BCUT2D eigenvalue weighted by molar-refractivity contribution is 5.70. The summed E-state index contributed by atoms with van der Waals surface area (Å²) in [6.45, 7) is 0.874. The fraction of sp³-hybridized carbons (Fsp3) is 0.500. The predicted molar refractivity (Wildman–Crippen MR) is 44.1 cm³/mol. The molecular formula is C8H12N2O2. The van der Waals surface area contributed by atoms with Crippen molar-refractivity contribution >= 4 is 6.29 Å². The summed E-state index contributed by atoms with van der Waals surface area (Å²) in [5.41, 5.74) is 0.365. The minimum Gasteiger partial charge on any atom is -0.448 e. The van der Waals surface area contributed by atoms with Gasteiger partial charge < -0.3 is 9.32 Å². The molecule has 66 valence electrons. The molecule has 1 heterocycles. The van der Waals surface area contributed by atoms with E-state index < -0.39 is 0 Å². The van der Waals surface area contributed by atoms with Crippen molar-refractivity contribution in [1.29, 1.82) is 0 Å². The molecule has 0 radical (unpaired) electrons. The molecule has 1 aromatic rings. The van der Waals surface area contributed by atoms with Gasteiger partial charge in [-0.3, -0.25) is 4.79 Å². The van der Waals surface area contributed by atoms with E-state index in [4.69, 9.17) is 4.42 Å². The van der Waals surface area contributed by atoms with Crippen LogP contribution in [-0.4, -0.2) is 36.8 Å². The normalized spacial score (nSPS) is 10.6. The molecular weight excluding hydrogens is 156 g/mol. The summed E-state index contributed by atoms with van der Waals surface area (Å²) in [7, 11) is 3.95. The van der Waals surface area contributed by atoms with Crippen LogP contribution in [-0.2, 0) is 6.42 Å². The zero-order valence-electron chi connectivity index (χ0n) is 7.28. The average molecular weight is 168 g/mol. The van der Waals surface area contributed by atoms with Gasteiger partial charge >= 0.3 is 0 Å². The van der Waals surface area contributed by atoms with Crippen LogP contribution < -0.4 is 0 Å². The highest BCUT2D eigenvalue weighted by Crippen LogP contribution is 2.00. The lowest BCUT2D eigenvalue weighted by molar-refractivity contribution is 0.111. The van der Waals surface area contributed by atoms with Crippen LogP contribution in [0.4, 0.5) is 0 Å².